The highest BCUT2D eigenvalue weighted by Gasteiger charge is 2.15. The van der Waals surface area contributed by atoms with Gasteiger partial charge in [0.25, 0.3) is 0 Å². The van der Waals surface area contributed by atoms with Crippen LogP contribution in [0.4, 0.5) is 4.39 Å². The van der Waals surface area contributed by atoms with Crippen molar-refractivity contribution in [1.29, 1.82) is 0 Å². The predicted molar refractivity (Wildman–Crippen MR) is 80.8 cm³/mol. The van der Waals surface area contributed by atoms with Gasteiger partial charge in [-0.15, -0.1) is 0 Å². The van der Waals surface area contributed by atoms with Gasteiger partial charge in [0.2, 0.25) is 5.91 Å². The summed E-state index contributed by atoms with van der Waals surface area (Å²) in [5.74, 6) is -0.692. The minimum Gasteiger partial charge on any atom is -0.351 e. The van der Waals surface area contributed by atoms with Crippen LogP contribution in [-0.2, 0) is 11.3 Å². The Bertz CT molecular complexity index is 601. The van der Waals surface area contributed by atoms with Crippen LogP contribution in [0, 0.1) is 5.82 Å². The minimum absolute atomic E-state index is 0.115. The molecular formula is C16H15BrFNO. The summed E-state index contributed by atoms with van der Waals surface area (Å²) < 4.78 is 14.4. The van der Waals surface area contributed by atoms with Crippen molar-refractivity contribution in [3.8, 4) is 0 Å². The molecule has 0 fully saturated rings. The highest BCUT2D eigenvalue weighted by molar-refractivity contribution is 9.10. The molecule has 0 bridgehead atoms. The van der Waals surface area contributed by atoms with Crippen LogP contribution in [0.3, 0.4) is 0 Å². The maximum Gasteiger partial charge on any atom is 0.227 e. The average molecular weight is 336 g/mol. The number of amides is 1. The normalized spacial score (nSPS) is 11.9. The molecule has 2 rings (SSSR count). The van der Waals surface area contributed by atoms with Crippen molar-refractivity contribution < 1.29 is 9.18 Å². The Kier molecular flexibility index (Phi) is 4.90. The summed E-state index contributed by atoms with van der Waals surface area (Å²) in [6.45, 7) is 2.02. The van der Waals surface area contributed by atoms with Crippen molar-refractivity contribution in [2.45, 2.75) is 19.4 Å². The Balaban J connectivity index is 2.00. The summed E-state index contributed by atoms with van der Waals surface area (Å²) in [5.41, 5.74) is 1.41. The third-order valence-corrected chi connectivity index (χ3v) is 3.65. The fraction of sp³-hybridized carbons (Fsp3) is 0.188. The van der Waals surface area contributed by atoms with Crippen molar-refractivity contribution in [2.75, 3.05) is 0 Å². The number of carbonyl (C=O) groups is 1. The lowest BCUT2D eigenvalue weighted by Crippen LogP contribution is -2.27. The lowest BCUT2D eigenvalue weighted by molar-refractivity contribution is -0.122. The Morgan fingerprint density at radius 2 is 1.95 bits per heavy atom. The standard InChI is InChI=1S/C16H15BrFNO/c1-11(12-5-3-2-4-6-12)16(20)19-10-13-9-14(17)7-8-15(13)18/h2-9,11H,10H2,1H3,(H,19,20). The summed E-state index contributed by atoms with van der Waals surface area (Å²) in [5, 5.41) is 2.77. The molecule has 2 aromatic rings. The van der Waals surface area contributed by atoms with Crippen LogP contribution in [0.5, 0.6) is 0 Å². The molecule has 0 heterocycles. The van der Waals surface area contributed by atoms with E-state index in [2.05, 4.69) is 21.2 Å². The fourth-order valence-corrected chi connectivity index (χ4v) is 2.32. The highest BCUT2D eigenvalue weighted by Crippen LogP contribution is 2.17. The van der Waals surface area contributed by atoms with E-state index in [-0.39, 0.29) is 24.2 Å². The first-order valence-corrected chi connectivity index (χ1v) is 7.14. The van der Waals surface area contributed by atoms with Crippen LogP contribution in [0.1, 0.15) is 24.0 Å². The molecule has 1 unspecified atom stereocenters. The number of benzene rings is 2. The molecule has 104 valence electrons. The van der Waals surface area contributed by atoms with E-state index in [0.717, 1.165) is 10.0 Å². The SMILES string of the molecule is CC(C(=O)NCc1cc(Br)ccc1F)c1ccccc1. The van der Waals surface area contributed by atoms with Crippen LogP contribution < -0.4 is 5.32 Å². The molecule has 0 saturated carbocycles. The van der Waals surface area contributed by atoms with E-state index in [1.54, 1.807) is 12.1 Å². The molecule has 0 radical (unpaired) electrons. The van der Waals surface area contributed by atoms with Gasteiger partial charge < -0.3 is 5.32 Å². The van der Waals surface area contributed by atoms with E-state index < -0.39 is 0 Å². The fourth-order valence-electron chi connectivity index (χ4n) is 1.91. The van der Waals surface area contributed by atoms with Gasteiger partial charge in [-0.3, -0.25) is 4.79 Å². The molecule has 20 heavy (non-hydrogen) atoms. The van der Waals surface area contributed by atoms with Gasteiger partial charge in [0, 0.05) is 16.6 Å². The largest absolute Gasteiger partial charge is 0.351 e. The van der Waals surface area contributed by atoms with Gasteiger partial charge in [0.05, 0.1) is 5.92 Å². The lowest BCUT2D eigenvalue weighted by atomic mass is 10.0. The monoisotopic (exact) mass is 335 g/mol. The zero-order valence-electron chi connectivity index (χ0n) is 11.1. The molecule has 0 saturated heterocycles. The Morgan fingerprint density at radius 3 is 2.65 bits per heavy atom. The van der Waals surface area contributed by atoms with Gasteiger partial charge >= 0.3 is 0 Å². The quantitative estimate of drug-likeness (QED) is 0.898. The molecule has 4 heteroatoms. The van der Waals surface area contributed by atoms with Gasteiger partial charge in [-0.1, -0.05) is 46.3 Å². The molecule has 0 aliphatic carbocycles. The van der Waals surface area contributed by atoms with E-state index >= 15 is 0 Å². The summed E-state index contributed by atoms with van der Waals surface area (Å²) in [6.07, 6.45) is 0. The number of nitrogens with one attached hydrogen (secondary N) is 1. The van der Waals surface area contributed by atoms with Crippen LogP contribution in [-0.4, -0.2) is 5.91 Å². The number of rotatable bonds is 4. The van der Waals surface area contributed by atoms with E-state index in [1.165, 1.54) is 6.07 Å². The van der Waals surface area contributed by atoms with Gasteiger partial charge in [-0.05, 0) is 30.7 Å². The third-order valence-electron chi connectivity index (χ3n) is 3.15. The second-order valence-electron chi connectivity index (χ2n) is 4.59. The maximum absolute atomic E-state index is 13.6. The summed E-state index contributed by atoms with van der Waals surface area (Å²) >= 11 is 3.29. The second kappa shape index (κ2) is 6.66. The van der Waals surface area contributed by atoms with E-state index in [4.69, 9.17) is 0 Å². The summed E-state index contributed by atoms with van der Waals surface area (Å²) in [6, 6.07) is 14.2. The van der Waals surface area contributed by atoms with Crippen molar-refractivity contribution in [3.05, 3.63) is 69.9 Å². The molecule has 1 atom stereocenters. The Hall–Kier alpha value is -1.68. The van der Waals surface area contributed by atoms with Crippen molar-refractivity contribution >= 4 is 21.8 Å². The average Bonchev–Trinajstić information content (AvgIpc) is 2.48. The Morgan fingerprint density at radius 1 is 1.25 bits per heavy atom. The lowest BCUT2D eigenvalue weighted by Gasteiger charge is -2.13. The molecule has 2 aromatic carbocycles. The number of carbonyl (C=O) groups excluding carboxylic acids is 1. The van der Waals surface area contributed by atoms with Crippen LogP contribution in [0.15, 0.2) is 53.0 Å². The van der Waals surface area contributed by atoms with Crippen LogP contribution in [0.25, 0.3) is 0 Å². The molecule has 1 amide bonds. The maximum atomic E-state index is 13.6. The molecule has 0 aliphatic rings. The first-order chi connectivity index (χ1) is 9.58. The minimum atomic E-state index is -0.319. The number of hydrogen-bond acceptors (Lipinski definition) is 1. The smallest absolute Gasteiger partial charge is 0.227 e. The van der Waals surface area contributed by atoms with Crippen LogP contribution >= 0.6 is 15.9 Å². The molecular weight excluding hydrogens is 321 g/mol. The molecule has 1 N–H and O–H groups in total. The first kappa shape index (κ1) is 14.7. The van der Waals surface area contributed by atoms with Crippen molar-refractivity contribution in [3.63, 3.8) is 0 Å². The predicted octanol–water partition coefficient (Wildman–Crippen LogP) is 4.01. The zero-order valence-corrected chi connectivity index (χ0v) is 12.7. The molecule has 0 aliphatic heterocycles. The summed E-state index contributed by atoms with van der Waals surface area (Å²) in [4.78, 5) is 12.1. The van der Waals surface area contributed by atoms with E-state index in [9.17, 15) is 9.18 Å². The number of hydrogen-bond donors (Lipinski definition) is 1. The van der Waals surface area contributed by atoms with Gasteiger partial charge in [0.1, 0.15) is 5.82 Å². The van der Waals surface area contributed by atoms with Gasteiger partial charge in [-0.25, -0.2) is 4.39 Å². The molecule has 0 spiro atoms. The van der Waals surface area contributed by atoms with Crippen molar-refractivity contribution in [2.24, 2.45) is 0 Å². The zero-order chi connectivity index (χ0) is 14.5. The third kappa shape index (κ3) is 3.67. The van der Waals surface area contributed by atoms with Crippen LogP contribution in [0.2, 0.25) is 0 Å². The summed E-state index contributed by atoms with van der Waals surface area (Å²) in [7, 11) is 0. The Labute approximate surface area is 126 Å². The molecule has 2 nitrogen and oxygen atoms in total. The second-order valence-corrected chi connectivity index (χ2v) is 5.50. The van der Waals surface area contributed by atoms with E-state index in [1.807, 2.05) is 37.3 Å². The van der Waals surface area contributed by atoms with Crippen molar-refractivity contribution in [1.82, 2.24) is 5.32 Å². The van der Waals surface area contributed by atoms with Gasteiger partial charge in [0.15, 0.2) is 0 Å². The number of halogens is 2. The first-order valence-electron chi connectivity index (χ1n) is 6.34. The molecule has 0 aromatic heterocycles. The van der Waals surface area contributed by atoms with E-state index in [0.29, 0.717) is 5.56 Å². The highest BCUT2D eigenvalue weighted by atomic mass is 79.9. The topological polar surface area (TPSA) is 29.1 Å². The van der Waals surface area contributed by atoms with Gasteiger partial charge in [-0.2, -0.15) is 0 Å².